The molecule has 0 bridgehead atoms. The smallest absolute Gasteiger partial charge is 0.244 e. The summed E-state index contributed by atoms with van der Waals surface area (Å²) in [7, 11) is -0.677. The Morgan fingerprint density at radius 1 is 1.05 bits per heavy atom. The van der Waals surface area contributed by atoms with E-state index in [4.69, 9.17) is 21.1 Å². The SMILES string of the molecule is CC(C)Oc1cc(N2CCC(N3CCOCC3)CC2)ccc1NC1=NC(Nc2ccccc2S(=O)(=O)N(C)C)C(Cl)C=N1. The Balaban J connectivity index is 1.31. The molecule has 43 heavy (non-hydrogen) atoms. The summed E-state index contributed by atoms with van der Waals surface area (Å²) < 4.78 is 38.7. The van der Waals surface area contributed by atoms with Crippen molar-refractivity contribution >= 4 is 50.9 Å². The number of hydrogen-bond acceptors (Lipinski definition) is 10. The van der Waals surface area contributed by atoms with E-state index in [1.54, 1.807) is 30.5 Å². The van der Waals surface area contributed by atoms with Gasteiger partial charge in [0, 0.05) is 64.3 Å². The number of guanidine groups is 1. The highest BCUT2D eigenvalue weighted by molar-refractivity contribution is 7.89. The van der Waals surface area contributed by atoms with E-state index in [9.17, 15) is 8.42 Å². The molecule has 2 aromatic carbocycles. The summed E-state index contributed by atoms with van der Waals surface area (Å²) in [6.07, 6.45) is 3.16. The van der Waals surface area contributed by atoms with E-state index in [-0.39, 0.29) is 11.0 Å². The van der Waals surface area contributed by atoms with Crippen LogP contribution in [0.15, 0.2) is 57.3 Å². The minimum Gasteiger partial charge on any atom is -0.489 e. The molecule has 13 heteroatoms. The van der Waals surface area contributed by atoms with E-state index >= 15 is 0 Å². The van der Waals surface area contributed by atoms with Crippen molar-refractivity contribution in [1.82, 2.24) is 9.21 Å². The maximum Gasteiger partial charge on any atom is 0.244 e. The number of nitrogens with one attached hydrogen (secondary N) is 2. The third-order valence-corrected chi connectivity index (χ3v) is 10.0. The van der Waals surface area contributed by atoms with Crippen LogP contribution in [-0.4, -0.2) is 107 Å². The van der Waals surface area contributed by atoms with Crippen LogP contribution in [0.5, 0.6) is 5.75 Å². The van der Waals surface area contributed by atoms with E-state index in [2.05, 4.69) is 42.6 Å². The summed E-state index contributed by atoms with van der Waals surface area (Å²) in [5.74, 6) is 1.05. The Labute approximate surface area is 260 Å². The summed E-state index contributed by atoms with van der Waals surface area (Å²) in [4.78, 5) is 14.2. The Hall–Kier alpha value is -2.90. The first-order valence-corrected chi connectivity index (χ1v) is 16.7. The molecule has 0 spiro atoms. The van der Waals surface area contributed by atoms with E-state index in [1.807, 2.05) is 19.9 Å². The summed E-state index contributed by atoms with van der Waals surface area (Å²) in [6, 6.07) is 13.5. The van der Waals surface area contributed by atoms with Crippen molar-refractivity contribution in [3.8, 4) is 5.75 Å². The molecule has 0 aliphatic carbocycles. The van der Waals surface area contributed by atoms with Crippen molar-refractivity contribution in [3.63, 3.8) is 0 Å². The van der Waals surface area contributed by atoms with Crippen LogP contribution in [0, 0.1) is 0 Å². The molecule has 2 fully saturated rings. The first kappa shape index (κ1) is 31.5. The number of benzene rings is 2. The minimum absolute atomic E-state index is 0.0311. The largest absolute Gasteiger partial charge is 0.489 e. The van der Waals surface area contributed by atoms with Crippen molar-refractivity contribution in [3.05, 3.63) is 42.5 Å². The van der Waals surface area contributed by atoms with Gasteiger partial charge in [0.25, 0.3) is 0 Å². The van der Waals surface area contributed by atoms with E-state index in [1.165, 1.54) is 18.4 Å². The molecule has 0 saturated carbocycles. The molecular weight excluding hydrogens is 590 g/mol. The van der Waals surface area contributed by atoms with Crippen LogP contribution in [0.2, 0.25) is 0 Å². The van der Waals surface area contributed by atoms with Gasteiger partial charge in [-0.15, -0.1) is 11.6 Å². The molecule has 2 N–H and O–H groups in total. The van der Waals surface area contributed by atoms with E-state index in [0.29, 0.717) is 23.4 Å². The number of morpholine rings is 1. The molecule has 2 saturated heterocycles. The lowest BCUT2D eigenvalue weighted by Gasteiger charge is -2.41. The number of anilines is 3. The van der Waals surface area contributed by atoms with Gasteiger partial charge >= 0.3 is 0 Å². The molecule has 11 nitrogen and oxygen atoms in total. The third-order valence-electron chi connectivity index (χ3n) is 7.82. The number of nitrogens with zero attached hydrogens (tertiary/aromatic N) is 5. The summed E-state index contributed by atoms with van der Waals surface area (Å²) in [5, 5.41) is 5.91. The Morgan fingerprint density at radius 2 is 1.77 bits per heavy atom. The molecular formula is C30H42ClN7O4S. The molecule has 3 heterocycles. The van der Waals surface area contributed by atoms with E-state index < -0.39 is 21.6 Å². The van der Waals surface area contributed by atoms with Crippen LogP contribution in [-0.2, 0) is 14.8 Å². The zero-order chi connectivity index (χ0) is 30.6. The summed E-state index contributed by atoms with van der Waals surface area (Å²) in [5.41, 5.74) is 2.27. The molecule has 2 aromatic rings. The van der Waals surface area contributed by atoms with Crippen molar-refractivity contribution in [1.29, 1.82) is 0 Å². The Bertz CT molecular complexity index is 1420. The summed E-state index contributed by atoms with van der Waals surface area (Å²) in [6.45, 7) is 9.67. The van der Waals surface area contributed by atoms with Gasteiger partial charge in [-0.05, 0) is 51.0 Å². The minimum atomic E-state index is -3.68. The second kappa shape index (κ2) is 13.8. The topological polar surface area (TPSA) is 111 Å². The molecule has 234 valence electrons. The number of hydrogen-bond donors (Lipinski definition) is 2. The van der Waals surface area contributed by atoms with Crippen molar-refractivity contribution < 1.29 is 17.9 Å². The molecule has 2 atom stereocenters. The lowest BCUT2D eigenvalue weighted by Crippen LogP contribution is -2.49. The van der Waals surface area contributed by atoms with Gasteiger partial charge in [-0.3, -0.25) is 4.90 Å². The molecule has 0 aromatic heterocycles. The van der Waals surface area contributed by atoms with Crippen molar-refractivity contribution in [2.24, 2.45) is 9.98 Å². The van der Waals surface area contributed by atoms with E-state index in [0.717, 1.165) is 63.6 Å². The Kier molecular flexibility index (Phi) is 10.1. The van der Waals surface area contributed by atoms with Gasteiger partial charge in [0.1, 0.15) is 22.2 Å². The molecule has 0 radical (unpaired) electrons. The van der Waals surface area contributed by atoms with Crippen molar-refractivity contribution in [2.75, 3.05) is 69.0 Å². The van der Waals surface area contributed by atoms with Crippen LogP contribution in [0.4, 0.5) is 17.1 Å². The normalized spacial score (nSPS) is 22.1. The second-order valence-corrected chi connectivity index (χ2v) is 14.0. The highest BCUT2D eigenvalue weighted by atomic mass is 35.5. The fourth-order valence-electron chi connectivity index (χ4n) is 5.52. The molecule has 5 rings (SSSR count). The van der Waals surface area contributed by atoms with Gasteiger partial charge in [-0.25, -0.2) is 22.7 Å². The number of aliphatic imine (C=N–C) groups is 2. The fraction of sp³-hybridized carbons (Fsp3) is 0.533. The molecule has 2 unspecified atom stereocenters. The van der Waals surface area contributed by atoms with Gasteiger partial charge in [-0.2, -0.15) is 0 Å². The summed E-state index contributed by atoms with van der Waals surface area (Å²) >= 11 is 6.55. The predicted molar refractivity (Wildman–Crippen MR) is 174 cm³/mol. The molecule has 0 amide bonds. The van der Waals surface area contributed by atoms with Crippen LogP contribution in [0.1, 0.15) is 26.7 Å². The number of ether oxygens (including phenoxy) is 2. The zero-order valence-corrected chi connectivity index (χ0v) is 26.8. The number of piperidine rings is 1. The average molecular weight is 632 g/mol. The lowest BCUT2D eigenvalue weighted by atomic mass is 10.0. The Morgan fingerprint density at radius 3 is 2.47 bits per heavy atom. The maximum absolute atomic E-state index is 12.9. The monoisotopic (exact) mass is 631 g/mol. The number of alkyl halides is 1. The zero-order valence-electron chi connectivity index (χ0n) is 25.2. The highest BCUT2D eigenvalue weighted by Gasteiger charge is 2.28. The highest BCUT2D eigenvalue weighted by Crippen LogP contribution is 2.33. The number of sulfonamides is 1. The van der Waals surface area contributed by atoms with Gasteiger partial charge in [0.15, 0.2) is 0 Å². The molecule has 3 aliphatic rings. The number of halogens is 1. The average Bonchev–Trinajstić information content (AvgIpc) is 3.00. The van der Waals surface area contributed by atoms with Gasteiger partial charge in [-0.1, -0.05) is 12.1 Å². The fourth-order valence-corrected chi connectivity index (χ4v) is 6.74. The van der Waals surface area contributed by atoms with Crippen LogP contribution >= 0.6 is 11.6 Å². The second-order valence-electron chi connectivity index (χ2n) is 11.4. The van der Waals surface area contributed by atoms with Crippen molar-refractivity contribution in [2.45, 2.75) is 55.3 Å². The van der Waals surface area contributed by atoms with Crippen LogP contribution in [0.3, 0.4) is 0 Å². The standard InChI is InChI=1S/C30H42ClN7O4S/c1-21(2)42-27-19-23(37-13-11-22(12-14-37)38-15-17-41-18-16-38)9-10-25(27)34-30-32-20-24(31)29(35-30)33-26-7-5-6-8-28(26)43(39,40)36(3)4/h5-10,19-22,24,29,33H,11-18H2,1-4H3,(H,34,35). The first-order valence-electron chi connectivity index (χ1n) is 14.8. The lowest BCUT2D eigenvalue weighted by molar-refractivity contribution is 0.0115. The number of rotatable bonds is 9. The van der Waals surface area contributed by atoms with Gasteiger partial charge in [0.2, 0.25) is 16.0 Å². The predicted octanol–water partition coefficient (Wildman–Crippen LogP) is 3.92. The van der Waals surface area contributed by atoms with Gasteiger partial charge < -0.3 is 25.0 Å². The third kappa shape index (κ3) is 7.61. The number of para-hydroxylation sites is 1. The van der Waals surface area contributed by atoms with Crippen LogP contribution in [0.25, 0.3) is 0 Å². The molecule has 3 aliphatic heterocycles. The first-order chi connectivity index (χ1) is 20.6. The van der Waals surface area contributed by atoms with Crippen LogP contribution < -0.4 is 20.3 Å². The maximum atomic E-state index is 12.9. The quantitative estimate of drug-likeness (QED) is 0.401. The van der Waals surface area contributed by atoms with Gasteiger partial charge in [0.05, 0.1) is 30.7 Å².